The Morgan fingerprint density at radius 2 is 2.27 bits per heavy atom. The van der Waals surface area contributed by atoms with Crippen LogP contribution in [0.2, 0.25) is 0 Å². The quantitative estimate of drug-likeness (QED) is 0.759. The summed E-state index contributed by atoms with van der Waals surface area (Å²) < 4.78 is 41.9. The Bertz CT molecular complexity index is 251. The zero-order chi connectivity index (χ0) is 11.5. The van der Waals surface area contributed by atoms with E-state index >= 15 is 0 Å². The molecule has 2 nitrogen and oxygen atoms in total. The Hall–Kier alpha value is -0.410. The number of thioether (sulfide) groups is 1. The Labute approximate surface area is 90.8 Å². The van der Waals surface area contributed by atoms with Crippen LogP contribution in [0.5, 0.6) is 0 Å². The van der Waals surface area contributed by atoms with Crippen LogP contribution in [-0.2, 0) is 4.74 Å². The van der Waals surface area contributed by atoms with Crippen molar-refractivity contribution in [2.75, 3.05) is 12.4 Å². The van der Waals surface area contributed by atoms with Crippen molar-refractivity contribution in [3.8, 4) is 6.07 Å². The first-order valence-electron chi connectivity index (χ1n) is 4.64. The van der Waals surface area contributed by atoms with Gasteiger partial charge in [-0.3, -0.25) is 0 Å². The average Bonchev–Trinajstić information content (AvgIpc) is 2.50. The van der Waals surface area contributed by atoms with Crippen LogP contribution in [0.25, 0.3) is 0 Å². The van der Waals surface area contributed by atoms with Gasteiger partial charge in [0.2, 0.25) is 0 Å². The highest BCUT2D eigenvalue weighted by Gasteiger charge is 2.40. The first-order valence-corrected chi connectivity index (χ1v) is 5.69. The molecule has 1 fully saturated rings. The second-order valence-electron chi connectivity index (χ2n) is 3.46. The van der Waals surface area contributed by atoms with E-state index in [-0.39, 0.29) is 17.1 Å². The van der Waals surface area contributed by atoms with Gasteiger partial charge in [0.1, 0.15) is 0 Å². The van der Waals surface area contributed by atoms with E-state index < -0.39 is 12.1 Å². The number of halogens is 3. The van der Waals surface area contributed by atoms with Crippen LogP contribution < -0.4 is 0 Å². The Morgan fingerprint density at radius 3 is 2.67 bits per heavy atom. The Balaban J connectivity index is 2.38. The van der Waals surface area contributed by atoms with Crippen molar-refractivity contribution in [3.05, 3.63) is 0 Å². The third-order valence-electron chi connectivity index (χ3n) is 2.33. The molecule has 1 saturated heterocycles. The van der Waals surface area contributed by atoms with Crippen LogP contribution in [-0.4, -0.2) is 29.9 Å². The van der Waals surface area contributed by atoms with E-state index in [9.17, 15) is 13.2 Å². The second kappa shape index (κ2) is 5.08. The minimum atomic E-state index is -4.41. The third-order valence-corrected chi connectivity index (χ3v) is 3.91. The molecule has 0 N–H and O–H groups in total. The normalized spacial score (nSPS) is 28.7. The fraction of sp³-hybridized carbons (Fsp3) is 0.889. The topological polar surface area (TPSA) is 33.0 Å². The Morgan fingerprint density at radius 1 is 1.60 bits per heavy atom. The van der Waals surface area contributed by atoms with Crippen molar-refractivity contribution in [2.45, 2.75) is 30.9 Å². The van der Waals surface area contributed by atoms with E-state index in [4.69, 9.17) is 10.00 Å². The van der Waals surface area contributed by atoms with Crippen LogP contribution in [0.15, 0.2) is 0 Å². The van der Waals surface area contributed by atoms with Crippen molar-refractivity contribution >= 4 is 11.8 Å². The molecule has 1 aliphatic rings. The standard InChI is InChI=1S/C9H12F3NOS/c1-6-8(2-3-14-6)15-5-7(4-13)9(10,11)12/h6-8H,2-3,5H2,1H3. The molecule has 0 spiro atoms. The summed E-state index contributed by atoms with van der Waals surface area (Å²) in [4.78, 5) is 0. The van der Waals surface area contributed by atoms with Crippen LogP contribution in [0, 0.1) is 17.2 Å². The van der Waals surface area contributed by atoms with Gasteiger partial charge in [0.15, 0.2) is 5.92 Å². The van der Waals surface area contributed by atoms with Crippen molar-refractivity contribution in [2.24, 2.45) is 5.92 Å². The first-order chi connectivity index (χ1) is 6.95. The summed E-state index contributed by atoms with van der Waals surface area (Å²) in [6.45, 7) is 2.45. The molecule has 0 bridgehead atoms. The van der Waals surface area contributed by atoms with Gasteiger partial charge in [-0.15, -0.1) is 0 Å². The summed E-state index contributed by atoms with van der Waals surface area (Å²) in [5, 5.41) is 8.47. The van der Waals surface area contributed by atoms with Crippen molar-refractivity contribution in [1.29, 1.82) is 5.26 Å². The summed E-state index contributed by atoms with van der Waals surface area (Å²) >= 11 is 1.18. The van der Waals surface area contributed by atoms with Gasteiger partial charge in [0, 0.05) is 17.6 Å². The summed E-state index contributed by atoms with van der Waals surface area (Å²) in [6, 6.07) is 1.29. The summed E-state index contributed by atoms with van der Waals surface area (Å²) in [7, 11) is 0. The molecule has 3 unspecified atom stereocenters. The van der Waals surface area contributed by atoms with Crippen molar-refractivity contribution in [3.63, 3.8) is 0 Å². The molecular formula is C9H12F3NOS. The summed E-state index contributed by atoms with van der Waals surface area (Å²) in [5.74, 6) is -2.06. The lowest BCUT2D eigenvalue weighted by Crippen LogP contribution is -2.25. The molecule has 0 aromatic heterocycles. The number of nitrogens with zero attached hydrogens (tertiary/aromatic N) is 1. The molecular weight excluding hydrogens is 227 g/mol. The van der Waals surface area contributed by atoms with E-state index in [1.165, 1.54) is 17.8 Å². The SMILES string of the molecule is CC1OCCC1SCC(C#N)C(F)(F)F. The minimum Gasteiger partial charge on any atom is -0.377 e. The second-order valence-corrected chi connectivity index (χ2v) is 4.73. The number of ether oxygens (including phenoxy) is 1. The molecule has 3 atom stereocenters. The maximum absolute atomic E-state index is 12.2. The van der Waals surface area contributed by atoms with Gasteiger partial charge in [-0.1, -0.05) is 0 Å². The number of hydrogen-bond acceptors (Lipinski definition) is 3. The van der Waals surface area contributed by atoms with Gasteiger partial charge in [0.05, 0.1) is 12.2 Å². The molecule has 0 amide bonds. The molecule has 0 aromatic rings. The van der Waals surface area contributed by atoms with Crippen LogP contribution in [0.1, 0.15) is 13.3 Å². The zero-order valence-electron chi connectivity index (χ0n) is 8.25. The van der Waals surface area contributed by atoms with Gasteiger partial charge in [0.25, 0.3) is 0 Å². The van der Waals surface area contributed by atoms with E-state index in [0.29, 0.717) is 6.61 Å². The third kappa shape index (κ3) is 3.58. The fourth-order valence-electron chi connectivity index (χ4n) is 1.36. The smallest absolute Gasteiger partial charge is 0.377 e. The number of nitriles is 1. The maximum Gasteiger partial charge on any atom is 0.405 e. The lowest BCUT2D eigenvalue weighted by Gasteiger charge is -2.17. The molecule has 1 heterocycles. The molecule has 0 aromatic carbocycles. The van der Waals surface area contributed by atoms with Gasteiger partial charge in [-0.05, 0) is 13.3 Å². The molecule has 0 aliphatic carbocycles. The first kappa shape index (κ1) is 12.7. The minimum absolute atomic E-state index is 0.0115. The van der Waals surface area contributed by atoms with Gasteiger partial charge < -0.3 is 4.74 Å². The van der Waals surface area contributed by atoms with E-state index in [0.717, 1.165) is 6.42 Å². The van der Waals surface area contributed by atoms with E-state index in [1.54, 1.807) is 0 Å². The lowest BCUT2D eigenvalue weighted by molar-refractivity contribution is -0.152. The number of rotatable bonds is 3. The van der Waals surface area contributed by atoms with Crippen LogP contribution in [0.3, 0.4) is 0 Å². The molecule has 1 rings (SSSR count). The monoisotopic (exact) mass is 239 g/mol. The predicted octanol–water partition coefficient (Wildman–Crippen LogP) is 2.60. The van der Waals surface area contributed by atoms with Gasteiger partial charge >= 0.3 is 6.18 Å². The highest BCUT2D eigenvalue weighted by atomic mass is 32.2. The van der Waals surface area contributed by atoms with Crippen molar-refractivity contribution in [1.82, 2.24) is 0 Å². The lowest BCUT2D eigenvalue weighted by atomic mass is 10.2. The van der Waals surface area contributed by atoms with E-state index in [1.807, 2.05) is 6.92 Å². The molecule has 0 saturated carbocycles. The maximum atomic E-state index is 12.2. The van der Waals surface area contributed by atoms with Crippen LogP contribution >= 0.6 is 11.8 Å². The molecule has 0 radical (unpaired) electrons. The molecule has 86 valence electrons. The average molecular weight is 239 g/mol. The summed E-state index contributed by atoms with van der Waals surface area (Å²) in [6.07, 6.45) is -3.66. The molecule has 1 aliphatic heterocycles. The van der Waals surface area contributed by atoms with E-state index in [2.05, 4.69) is 0 Å². The highest BCUT2D eigenvalue weighted by molar-refractivity contribution is 8.00. The highest BCUT2D eigenvalue weighted by Crippen LogP contribution is 2.33. The number of alkyl halides is 3. The van der Waals surface area contributed by atoms with Gasteiger partial charge in [-0.25, -0.2) is 0 Å². The van der Waals surface area contributed by atoms with Gasteiger partial charge in [-0.2, -0.15) is 30.2 Å². The predicted molar refractivity (Wildman–Crippen MR) is 51.4 cm³/mol. The molecule has 6 heteroatoms. The zero-order valence-corrected chi connectivity index (χ0v) is 9.07. The molecule has 15 heavy (non-hydrogen) atoms. The fourth-order valence-corrected chi connectivity index (χ4v) is 2.67. The number of hydrogen-bond donors (Lipinski definition) is 0. The van der Waals surface area contributed by atoms with Crippen LogP contribution in [0.4, 0.5) is 13.2 Å². The largest absolute Gasteiger partial charge is 0.405 e. The van der Waals surface area contributed by atoms with Crippen molar-refractivity contribution < 1.29 is 17.9 Å². The Kier molecular flexibility index (Phi) is 4.29. The summed E-state index contributed by atoms with van der Waals surface area (Å²) in [5.41, 5.74) is 0.